The molecule has 150 valence electrons. The molecule has 28 heavy (non-hydrogen) atoms. The number of halogens is 1. The van der Waals surface area contributed by atoms with Gasteiger partial charge in [0.2, 0.25) is 11.8 Å². The minimum absolute atomic E-state index is 0.0615. The molecule has 2 amide bonds. The van der Waals surface area contributed by atoms with E-state index in [1.54, 1.807) is 25.1 Å². The lowest BCUT2D eigenvalue weighted by molar-refractivity contribution is -0.141. The predicted octanol–water partition coefficient (Wildman–Crippen LogP) is 3.95. The van der Waals surface area contributed by atoms with Crippen LogP contribution in [-0.2, 0) is 22.6 Å². The van der Waals surface area contributed by atoms with Gasteiger partial charge in [0, 0.05) is 31.5 Å². The first-order chi connectivity index (χ1) is 13.4. The molecule has 0 spiro atoms. The number of carbonyl (C=O) groups excluding carboxylic acids is 2. The van der Waals surface area contributed by atoms with Gasteiger partial charge in [-0.25, -0.2) is 4.39 Å². The minimum Gasteiger partial charge on any atom is -0.354 e. The van der Waals surface area contributed by atoms with E-state index < -0.39 is 6.04 Å². The highest BCUT2D eigenvalue weighted by Crippen LogP contribution is 2.17. The summed E-state index contributed by atoms with van der Waals surface area (Å²) in [6.07, 6.45) is 0.627. The SMILES string of the molecule is CCC(=O)N(Cc1ccccc1F)[C@@H](Cc1ccccc1)C(=O)NCC(C)C. The maximum Gasteiger partial charge on any atom is 0.243 e. The van der Waals surface area contributed by atoms with E-state index in [4.69, 9.17) is 0 Å². The summed E-state index contributed by atoms with van der Waals surface area (Å²) in [5, 5.41) is 2.94. The lowest BCUT2D eigenvalue weighted by atomic mass is 10.0. The third kappa shape index (κ3) is 6.19. The van der Waals surface area contributed by atoms with Crippen LogP contribution in [0.25, 0.3) is 0 Å². The molecule has 0 aromatic heterocycles. The Balaban J connectivity index is 2.34. The summed E-state index contributed by atoms with van der Waals surface area (Å²) in [5.74, 6) is -0.472. The van der Waals surface area contributed by atoms with Gasteiger partial charge in [0.15, 0.2) is 0 Å². The minimum atomic E-state index is -0.701. The van der Waals surface area contributed by atoms with Crippen molar-refractivity contribution in [1.82, 2.24) is 10.2 Å². The van der Waals surface area contributed by atoms with E-state index in [-0.39, 0.29) is 30.6 Å². The monoisotopic (exact) mass is 384 g/mol. The van der Waals surface area contributed by atoms with Crippen LogP contribution in [0.5, 0.6) is 0 Å². The van der Waals surface area contributed by atoms with Gasteiger partial charge >= 0.3 is 0 Å². The van der Waals surface area contributed by atoms with Gasteiger partial charge < -0.3 is 10.2 Å². The van der Waals surface area contributed by atoms with E-state index in [1.807, 2.05) is 44.2 Å². The average Bonchev–Trinajstić information content (AvgIpc) is 2.70. The van der Waals surface area contributed by atoms with Crippen LogP contribution < -0.4 is 5.32 Å². The Labute approximate surface area is 166 Å². The molecule has 0 saturated carbocycles. The molecule has 0 heterocycles. The molecule has 0 aliphatic rings. The summed E-state index contributed by atoms with van der Waals surface area (Å²) in [5.41, 5.74) is 1.36. The second-order valence-electron chi connectivity index (χ2n) is 7.31. The fraction of sp³-hybridized carbons (Fsp3) is 0.391. The van der Waals surface area contributed by atoms with Crippen molar-refractivity contribution in [2.45, 2.75) is 46.2 Å². The number of benzene rings is 2. The second kappa shape index (κ2) is 10.6. The molecule has 4 nitrogen and oxygen atoms in total. The number of hydrogen-bond acceptors (Lipinski definition) is 2. The standard InChI is InChI=1S/C23H29FN2O2/c1-4-22(27)26(16-19-12-8-9-13-20(19)24)21(23(28)25-15-17(2)3)14-18-10-6-5-7-11-18/h5-13,17,21H,4,14-16H2,1-3H3,(H,25,28)/t21-/m0/s1. The Kier molecular flexibility index (Phi) is 8.18. The first-order valence-corrected chi connectivity index (χ1v) is 9.76. The van der Waals surface area contributed by atoms with Crippen molar-refractivity contribution in [3.8, 4) is 0 Å². The molecule has 0 radical (unpaired) electrons. The number of rotatable bonds is 9. The van der Waals surface area contributed by atoms with Gasteiger partial charge in [-0.05, 0) is 17.5 Å². The van der Waals surface area contributed by atoms with Crippen LogP contribution in [0.1, 0.15) is 38.3 Å². The molecule has 2 aromatic rings. The summed E-state index contributed by atoms with van der Waals surface area (Å²) < 4.78 is 14.2. The van der Waals surface area contributed by atoms with Crippen LogP contribution in [0.4, 0.5) is 4.39 Å². The molecule has 1 atom stereocenters. The Morgan fingerprint density at radius 2 is 1.68 bits per heavy atom. The molecule has 5 heteroatoms. The molecule has 2 rings (SSSR count). The van der Waals surface area contributed by atoms with E-state index in [1.165, 1.54) is 11.0 Å². The fourth-order valence-corrected chi connectivity index (χ4v) is 2.99. The molecule has 0 saturated heterocycles. The molecule has 1 N–H and O–H groups in total. The average molecular weight is 384 g/mol. The Bertz CT molecular complexity index is 777. The Hall–Kier alpha value is -2.69. The lowest BCUT2D eigenvalue weighted by Gasteiger charge is -2.31. The van der Waals surface area contributed by atoms with Crippen LogP contribution in [0, 0.1) is 11.7 Å². The zero-order valence-corrected chi connectivity index (χ0v) is 16.8. The molecule has 0 unspecified atom stereocenters. The normalized spacial score (nSPS) is 11.9. The van der Waals surface area contributed by atoms with Crippen LogP contribution in [0.15, 0.2) is 54.6 Å². The van der Waals surface area contributed by atoms with Crippen molar-refractivity contribution in [3.05, 3.63) is 71.5 Å². The van der Waals surface area contributed by atoms with Crippen molar-refractivity contribution >= 4 is 11.8 Å². The van der Waals surface area contributed by atoms with Gasteiger partial charge in [0.1, 0.15) is 11.9 Å². The highest BCUT2D eigenvalue weighted by atomic mass is 19.1. The first-order valence-electron chi connectivity index (χ1n) is 9.76. The maximum atomic E-state index is 14.2. The van der Waals surface area contributed by atoms with Gasteiger partial charge in [-0.2, -0.15) is 0 Å². The van der Waals surface area contributed by atoms with E-state index in [2.05, 4.69) is 5.32 Å². The van der Waals surface area contributed by atoms with E-state index in [0.717, 1.165) is 5.56 Å². The van der Waals surface area contributed by atoms with Crippen molar-refractivity contribution in [2.24, 2.45) is 5.92 Å². The number of hydrogen-bond donors (Lipinski definition) is 1. The fourth-order valence-electron chi connectivity index (χ4n) is 2.99. The van der Waals surface area contributed by atoms with E-state index >= 15 is 0 Å². The smallest absolute Gasteiger partial charge is 0.243 e. The maximum absolute atomic E-state index is 14.2. The van der Waals surface area contributed by atoms with Crippen LogP contribution in [-0.4, -0.2) is 29.3 Å². The van der Waals surface area contributed by atoms with Crippen molar-refractivity contribution in [3.63, 3.8) is 0 Å². The second-order valence-corrected chi connectivity index (χ2v) is 7.31. The Morgan fingerprint density at radius 1 is 1.04 bits per heavy atom. The molecule has 2 aromatic carbocycles. The van der Waals surface area contributed by atoms with Gasteiger partial charge in [-0.1, -0.05) is 69.3 Å². The summed E-state index contributed by atoms with van der Waals surface area (Å²) >= 11 is 0. The highest BCUT2D eigenvalue weighted by molar-refractivity contribution is 5.87. The van der Waals surface area contributed by atoms with Crippen LogP contribution in [0.3, 0.4) is 0 Å². The van der Waals surface area contributed by atoms with Gasteiger partial charge in [0.05, 0.1) is 0 Å². The molecule has 0 aliphatic heterocycles. The predicted molar refractivity (Wildman–Crippen MR) is 109 cm³/mol. The van der Waals surface area contributed by atoms with Gasteiger partial charge in [0.25, 0.3) is 0 Å². The quantitative estimate of drug-likeness (QED) is 0.712. The zero-order chi connectivity index (χ0) is 20.5. The summed E-state index contributed by atoms with van der Waals surface area (Å²) in [4.78, 5) is 27.2. The number of carbonyl (C=O) groups is 2. The van der Waals surface area contributed by atoms with Crippen LogP contribution in [0.2, 0.25) is 0 Å². The lowest BCUT2D eigenvalue weighted by Crippen LogP contribution is -2.51. The van der Waals surface area contributed by atoms with E-state index in [9.17, 15) is 14.0 Å². The molecule has 0 aliphatic carbocycles. The molecular weight excluding hydrogens is 355 g/mol. The van der Waals surface area contributed by atoms with Gasteiger partial charge in [-0.15, -0.1) is 0 Å². The van der Waals surface area contributed by atoms with E-state index in [0.29, 0.717) is 24.4 Å². The topological polar surface area (TPSA) is 49.4 Å². The van der Waals surface area contributed by atoms with Gasteiger partial charge in [-0.3, -0.25) is 9.59 Å². The van der Waals surface area contributed by atoms with Crippen molar-refractivity contribution in [2.75, 3.05) is 6.54 Å². The first kappa shape index (κ1) is 21.6. The molecule has 0 bridgehead atoms. The van der Waals surface area contributed by atoms with Crippen molar-refractivity contribution < 1.29 is 14.0 Å². The largest absolute Gasteiger partial charge is 0.354 e. The molecule has 0 fully saturated rings. The third-order valence-electron chi connectivity index (χ3n) is 4.56. The summed E-state index contributed by atoms with van der Waals surface area (Å²) in [7, 11) is 0. The van der Waals surface area contributed by atoms with Crippen molar-refractivity contribution in [1.29, 1.82) is 0 Å². The van der Waals surface area contributed by atoms with Crippen LogP contribution >= 0.6 is 0 Å². The Morgan fingerprint density at radius 3 is 2.29 bits per heavy atom. The highest BCUT2D eigenvalue weighted by Gasteiger charge is 2.30. The summed E-state index contributed by atoms with van der Waals surface area (Å²) in [6.45, 7) is 6.37. The zero-order valence-electron chi connectivity index (χ0n) is 16.8. The number of nitrogens with zero attached hydrogens (tertiary/aromatic N) is 1. The number of amides is 2. The summed E-state index contributed by atoms with van der Waals surface area (Å²) in [6, 6.07) is 15.2. The number of nitrogens with one attached hydrogen (secondary N) is 1. The third-order valence-corrected chi connectivity index (χ3v) is 4.56. The molecular formula is C23H29FN2O2.